The highest BCUT2D eigenvalue weighted by atomic mass is 35.5. The highest BCUT2D eigenvalue weighted by Crippen LogP contribution is 2.42. The summed E-state index contributed by atoms with van der Waals surface area (Å²) in [7, 11) is 1.30. The number of imidazole rings is 1. The first-order chi connectivity index (χ1) is 16.9. The molecule has 1 aliphatic heterocycles. The third kappa shape index (κ3) is 4.76. The Morgan fingerprint density at radius 2 is 2.22 bits per heavy atom. The van der Waals surface area contributed by atoms with Crippen molar-refractivity contribution in [3.63, 3.8) is 0 Å². The van der Waals surface area contributed by atoms with Crippen molar-refractivity contribution in [1.82, 2.24) is 19.7 Å². The number of hydrogen-bond donors (Lipinski definition) is 2. The summed E-state index contributed by atoms with van der Waals surface area (Å²) in [6.07, 6.45) is 4.93. The van der Waals surface area contributed by atoms with Crippen molar-refractivity contribution < 1.29 is 18.7 Å². The summed E-state index contributed by atoms with van der Waals surface area (Å²) in [4.78, 5) is 22.4. The molecule has 4 rings (SSSR count). The van der Waals surface area contributed by atoms with Gasteiger partial charge in [0.25, 0.3) is 5.91 Å². The molecule has 3 heterocycles. The van der Waals surface area contributed by atoms with Crippen LogP contribution in [0.1, 0.15) is 61.1 Å². The fraction of sp³-hybridized carbons (Fsp3) is 0.458. The molecule has 8 nitrogen and oxygen atoms in total. The zero-order valence-corrected chi connectivity index (χ0v) is 26.3. The quantitative estimate of drug-likeness (QED) is 0.432. The minimum atomic E-state index is -0.807. The van der Waals surface area contributed by atoms with Crippen LogP contribution in [0.3, 0.4) is 0 Å². The summed E-state index contributed by atoms with van der Waals surface area (Å²) in [5.41, 5.74) is 7.97. The van der Waals surface area contributed by atoms with Crippen LogP contribution in [0, 0.1) is 12.7 Å². The number of rotatable bonds is 7. The maximum absolute atomic E-state index is 15.5. The molecule has 12 heteroatoms. The monoisotopic (exact) mass is 549 g/mol. The predicted octanol–water partition coefficient (Wildman–Crippen LogP) is 1.43. The van der Waals surface area contributed by atoms with Gasteiger partial charge in [0.05, 0.1) is 22.0 Å². The number of nitrogens with one attached hydrogen (secondary N) is 1. The van der Waals surface area contributed by atoms with E-state index in [0.717, 1.165) is 28.8 Å². The maximum atomic E-state index is 15.5. The van der Waals surface area contributed by atoms with Crippen molar-refractivity contribution in [2.75, 3.05) is 18.9 Å². The number of fused-ring (bicyclic) bond motifs is 1. The zero-order valence-electron chi connectivity index (χ0n) is 21.5. The van der Waals surface area contributed by atoms with Crippen LogP contribution in [0.5, 0.6) is 5.75 Å². The fourth-order valence-electron chi connectivity index (χ4n) is 4.77. The number of nitrogen functional groups attached to an aromatic ring is 1. The SMILES string of the molecule is Cc1nc([C@@](C)([SiH3])c2cc(Cl)c(F)c(C(=O)NC[C@]3([SiH3])CCCO3)c2OC(C)C)n2ccnc(N)c12. The number of nitrogens with two attached hydrogens (primary N) is 1. The van der Waals surface area contributed by atoms with Gasteiger partial charge < -0.3 is 20.5 Å². The molecule has 36 heavy (non-hydrogen) atoms. The van der Waals surface area contributed by atoms with E-state index in [2.05, 4.69) is 10.3 Å². The van der Waals surface area contributed by atoms with Crippen LogP contribution in [-0.4, -0.2) is 65.2 Å². The number of hydrogen-bond acceptors (Lipinski definition) is 6. The number of halogens is 2. The number of aromatic nitrogens is 3. The van der Waals surface area contributed by atoms with E-state index >= 15 is 4.39 Å². The van der Waals surface area contributed by atoms with E-state index < -0.39 is 16.8 Å². The third-order valence-electron chi connectivity index (χ3n) is 6.67. The summed E-state index contributed by atoms with van der Waals surface area (Å²) < 4.78 is 29.4. The Balaban J connectivity index is 1.87. The molecule has 0 radical (unpaired) electrons. The molecule has 1 saturated heterocycles. The van der Waals surface area contributed by atoms with E-state index in [9.17, 15) is 4.79 Å². The lowest BCUT2D eigenvalue weighted by Crippen LogP contribution is -2.43. The molecule has 194 valence electrons. The average Bonchev–Trinajstić information content (AvgIpc) is 3.39. The minimum absolute atomic E-state index is 0.148. The standard InChI is InChI=1S/C24H33ClFN5O3Si2/c1-12(2)34-19-14(23(4,35)22-30-13(3)18-20(27)28-7-8-31(18)22)10-15(25)17(26)16(19)21(32)29-11-24(36)6-5-9-33-24/h7-8,10,12H,5-6,9,11H2,1-4,35-36H3,(H2,27,28)(H,29,32)/t23-,24+/m0/s1. The molecule has 1 fully saturated rings. The van der Waals surface area contributed by atoms with Gasteiger partial charge >= 0.3 is 0 Å². The summed E-state index contributed by atoms with van der Waals surface area (Å²) in [5, 5.41) is 1.67. The summed E-state index contributed by atoms with van der Waals surface area (Å²) in [5.74, 6) is -0.149. The van der Waals surface area contributed by atoms with E-state index in [1.807, 2.05) is 32.1 Å². The molecule has 0 bridgehead atoms. The van der Waals surface area contributed by atoms with Crippen molar-refractivity contribution >= 4 is 49.3 Å². The highest BCUT2D eigenvalue weighted by Gasteiger charge is 2.37. The van der Waals surface area contributed by atoms with Crippen LogP contribution < -0.4 is 15.8 Å². The van der Waals surface area contributed by atoms with Crippen LogP contribution in [0.4, 0.5) is 10.2 Å². The highest BCUT2D eigenvalue weighted by molar-refractivity contribution is 6.31. The first-order valence-electron chi connectivity index (χ1n) is 12.1. The van der Waals surface area contributed by atoms with E-state index in [1.165, 1.54) is 0 Å². The largest absolute Gasteiger partial charge is 0.490 e. The Labute approximate surface area is 221 Å². The number of anilines is 1. The number of ether oxygens (including phenoxy) is 2. The molecule has 0 saturated carbocycles. The normalized spacial score (nSPS) is 19.8. The number of nitrogens with zero attached hydrogens (tertiary/aromatic N) is 3. The van der Waals surface area contributed by atoms with Crippen LogP contribution in [0.2, 0.25) is 5.02 Å². The van der Waals surface area contributed by atoms with Gasteiger partial charge in [0, 0.05) is 56.6 Å². The molecular weight excluding hydrogens is 517 g/mol. The number of carbonyl (C=O) groups is 1. The Morgan fingerprint density at radius 3 is 2.86 bits per heavy atom. The third-order valence-corrected chi connectivity index (χ3v) is 9.07. The lowest BCUT2D eigenvalue weighted by atomic mass is 9.94. The fourth-order valence-corrected chi connectivity index (χ4v) is 6.43. The van der Waals surface area contributed by atoms with Gasteiger partial charge in [-0.3, -0.25) is 9.20 Å². The van der Waals surface area contributed by atoms with Crippen LogP contribution in [-0.2, 0) is 9.78 Å². The van der Waals surface area contributed by atoms with Crippen molar-refractivity contribution in [3.05, 3.63) is 51.9 Å². The maximum Gasteiger partial charge on any atom is 0.258 e. The van der Waals surface area contributed by atoms with E-state index in [1.54, 1.807) is 18.5 Å². The number of benzene rings is 1. The van der Waals surface area contributed by atoms with Gasteiger partial charge in [-0.15, -0.1) is 0 Å². The number of carbonyl (C=O) groups excluding carboxylic acids is 1. The molecular formula is C24H33ClFN5O3Si2. The second kappa shape index (κ2) is 9.77. The second-order valence-corrected chi connectivity index (χ2v) is 14.6. The van der Waals surface area contributed by atoms with Crippen LogP contribution >= 0.6 is 11.6 Å². The molecule has 1 aromatic carbocycles. The van der Waals surface area contributed by atoms with Gasteiger partial charge in [-0.05, 0) is 39.7 Å². The molecule has 3 aromatic rings. The first-order valence-corrected chi connectivity index (χ1v) is 14.4. The molecule has 1 amide bonds. The smallest absolute Gasteiger partial charge is 0.258 e. The molecule has 1 aliphatic rings. The summed E-state index contributed by atoms with van der Waals surface area (Å²) in [6, 6.07) is 1.55. The lowest BCUT2D eigenvalue weighted by molar-refractivity contribution is 0.0669. The van der Waals surface area contributed by atoms with E-state index in [-0.39, 0.29) is 27.7 Å². The molecule has 2 atom stereocenters. The topological polar surface area (TPSA) is 104 Å². The van der Waals surface area contributed by atoms with E-state index in [0.29, 0.717) is 46.1 Å². The van der Waals surface area contributed by atoms with E-state index in [4.69, 9.17) is 31.8 Å². The molecule has 0 unspecified atom stereocenters. The Morgan fingerprint density at radius 1 is 1.50 bits per heavy atom. The molecule has 0 aliphatic carbocycles. The van der Waals surface area contributed by atoms with Crippen LogP contribution in [0.25, 0.3) is 5.52 Å². The minimum Gasteiger partial charge on any atom is -0.490 e. The van der Waals surface area contributed by atoms with Crippen molar-refractivity contribution in [2.24, 2.45) is 0 Å². The Bertz CT molecular complexity index is 1330. The predicted molar refractivity (Wildman–Crippen MR) is 146 cm³/mol. The van der Waals surface area contributed by atoms with Crippen LogP contribution in [0.15, 0.2) is 18.5 Å². The van der Waals surface area contributed by atoms with Gasteiger partial charge in [0.1, 0.15) is 28.5 Å². The van der Waals surface area contributed by atoms with Gasteiger partial charge in [-0.1, -0.05) is 18.5 Å². The summed E-state index contributed by atoms with van der Waals surface area (Å²) in [6.45, 7) is 8.51. The molecule has 2 aromatic heterocycles. The lowest BCUT2D eigenvalue weighted by Gasteiger charge is -2.30. The first kappa shape index (κ1) is 26.6. The van der Waals surface area contributed by atoms with Gasteiger partial charge in [-0.2, -0.15) is 0 Å². The van der Waals surface area contributed by atoms with Crippen molar-refractivity contribution in [1.29, 1.82) is 0 Å². The molecule has 3 N–H and O–H groups in total. The average molecular weight is 550 g/mol. The Hall–Kier alpha value is -2.48. The number of aryl methyl sites for hydroxylation is 1. The van der Waals surface area contributed by atoms with Gasteiger partial charge in [-0.25, -0.2) is 14.4 Å². The van der Waals surface area contributed by atoms with Gasteiger partial charge in [0.15, 0.2) is 5.82 Å². The Kier molecular flexibility index (Phi) is 7.21. The van der Waals surface area contributed by atoms with Crippen molar-refractivity contribution in [2.45, 2.75) is 56.9 Å². The number of amides is 1. The molecule has 0 spiro atoms. The van der Waals surface area contributed by atoms with Crippen molar-refractivity contribution in [3.8, 4) is 5.75 Å². The second-order valence-electron chi connectivity index (χ2n) is 10.4. The zero-order chi connectivity index (χ0) is 26.4. The summed E-state index contributed by atoms with van der Waals surface area (Å²) >= 11 is 6.40. The van der Waals surface area contributed by atoms with Gasteiger partial charge in [0.2, 0.25) is 0 Å².